The second-order valence-electron chi connectivity index (χ2n) is 5.21. The number of aryl methyl sites for hydroxylation is 1. The van der Waals surface area contributed by atoms with Gasteiger partial charge in [-0.25, -0.2) is 4.68 Å². The van der Waals surface area contributed by atoms with Gasteiger partial charge in [-0.15, -0.1) is 0 Å². The van der Waals surface area contributed by atoms with Crippen molar-refractivity contribution in [2.45, 2.75) is 25.4 Å². The van der Waals surface area contributed by atoms with Crippen molar-refractivity contribution in [2.24, 2.45) is 7.05 Å². The van der Waals surface area contributed by atoms with Crippen LogP contribution in [0.5, 0.6) is 0 Å². The molecule has 106 valence electrons. The van der Waals surface area contributed by atoms with E-state index >= 15 is 0 Å². The van der Waals surface area contributed by atoms with Gasteiger partial charge in [-0.3, -0.25) is 4.90 Å². The molecule has 2 heterocycles. The van der Waals surface area contributed by atoms with Gasteiger partial charge in [0, 0.05) is 18.6 Å². The van der Waals surface area contributed by atoms with E-state index in [0.717, 1.165) is 36.8 Å². The molecular formula is C14H18ClN5. The molecule has 0 saturated carbocycles. The van der Waals surface area contributed by atoms with Crippen molar-refractivity contribution in [3.8, 4) is 0 Å². The van der Waals surface area contributed by atoms with Crippen molar-refractivity contribution in [3.63, 3.8) is 0 Å². The zero-order valence-electron chi connectivity index (χ0n) is 11.5. The zero-order valence-corrected chi connectivity index (χ0v) is 12.2. The number of aromatic nitrogens is 3. The average molecular weight is 292 g/mol. The first-order valence-electron chi connectivity index (χ1n) is 6.78. The van der Waals surface area contributed by atoms with Gasteiger partial charge in [0.2, 0.25) is 5.95 Å². The molecule has 0 unspecified atom stereocenters. The number of halogens is 1. The van der Waals surface area contributed by atoms with Gasteiger partial charge in [-0.1, -0.05) is 23.7 Å². The maximum absolute atomic E-state index is 6.04. The van der Waals surface area contributed by atoms with Crippen LogP contribution in [-0.4, -0.2) is 26.2 Å². The summed E-state index contributed by atoms with van der Waals surface area (Å²) in [6.07, 6.45) is 2.23. The van der Waals surface area contributed by atoms with E-state index in [1.807, 2.05) is 25.2 Å². The summed E-state index contributed by atoms with van der Waals surface area (Å²) in [6, 6.07) is 8.24. The molecule has 1 aliphatic heterocycles. The normalized spacial score (nSPS) is 19.6. The molecule has 5 nitrogen and oxygen atoms in total. The molecule has 2 N–H and O–H groups in total. The lowest BCUT2D eigenvalue weighted by atomic mass is 10.1. The summed E-state index contributed by atoms with van der Waals surface area (Å²) in [5.41, 5.74) is 7.00. The lowest BCUT2D eigenvalue weighted by molar-refractivity contribution is 0.239. The van der Waals surface area contributed by atoms with Crippen LogP contribution in [0.3, 0.4) is 0 Å². The Balaban J connectivity index is 1.79. The third-order valence-corrected chi connectivity index (χ3v) is 3.98. The zero-order chi connectivity index (χ0) is 14.1. The Kier molecular flexibility index (Phi) is 3.63. The molecule has 3 rings (SSSR count). The van der Waals surface area contributed by atoms with Crippen LogP contribution in [0.15, 0.2) is 24.3 Å². The van der Waals surface area contributed by atoms with Crippen molar-refractivity contribution < 1.29 is 0 Å². The van der Waals surface area contributed by atoms with Crippen molar-refractivity contribution >= 4 is 17.5 Å². The predicted molar refractivity (Wildman–Crippen MR) is 79.3 cm³/mol. The Bertz CT molecular complexity index is 590. The minimum absolute atomic E-state index is 0.248. The third-order valence-electron chi connectivity index (χ3n) is 3.75. The van der Waals surface area contributed by atoms with Crippen LogP contribution < -0.4 is 5.73 Å². The molecule has 1 aromatic carbocycles. The highest BCUT2D eigenvalue weighted by molar-refractivity contribution is 6.30. The maximum atomic E-state index is 6.04. The number of hydrogen-bond acceptors (Lipinski definition) is 4. The molecule has 1 atom stereocenters. The number of benzene rings is 1. The highest BCUT2D eigenvalue weighted by Crippen LogP contribution is 2.31. The predicted octanol–water partition coefficient (Wildman–Crippen LogP) is 2.39. The molecule has 2 aromatic rings. The number of rotatable bonds is 3. The smallest absolute Gasteiger partial charge is 0.218 e. The number of hydrogen-bond donors (Lipinski definition) is 1. The van der Waals surface area contributed by atoms with E-state index in [0.29, 0.717) is 5.95 Å². The minimum Gasteiger partial charge on any atom is -0.368 e. The summed E-state index contributed by atoms with van der Waals surface area (Å²) in [6.45, 7) is 1.92. The van der Waals surface area contributed by atoms with E-state index in [9.17, 15) is 0 Å². The SMILES string of the molecule is Cn1nc([C@@H]2CCCN2Cc2cccc(Cl)c2)nc1N. The highest BCUT2D eigenvalue weighted by Gasteiger charge is 2.29. The van der Waals surface area contributed by atoms with Crippen LogP contribution in [-0.2, 0) is 13.6 Å². The fourth-order valence-corrected chi connectivity index (χ4v) is 2.95. The van der Waals surface area contributed by atoms with Gasteiger partial charge in [0.25, 0.3) is 0 Å². The first-order chi connectivity index (χ1) is 9.63. The van der Waals surface area contributed by atoms with Gasteiger partial charge in [-0.05, 0) is 37.1 Å². The molecule has 1 aliphatic rings. The van der Waals surface area contributed by atoms with Crippen molar-refractivity contribution in [2.75, 3.05) is 12.3 Å². The van der Waals surface area contributed by atoms with Crippen LogP contribution in [0.1, 0.15) is 30.3 Å². The van der Waals surface area contributed by atoms with Gasteiger partial charge in [0.05, 0.1) is 6.04 Å². The molecule has 0 aliphatic carbocycles. The standard InChI is InChI=1S/C14H18ClN5/c1-19-14(16)17-13(18-19)12-6-3-7-20(12)9-10-4-2-5-11(15)8-10/h2,4-5,8,12H,3,6-7,9H2,1H3,(H2,16,17,18)/t12-/m0/s1. The molecule has 1 saturated heterocycles. The van der Waals surface area contributed by atoms with E-state index in [1.165, 1.54) is 5.56 Å². The second kappa shape index (κ2) is 5.42. The Morgan fingerprint density at radius 3 is 3.00 bits per heavy atom. The quantitative estimate of drug-likeness (QED) is 0.943. The molecular weight excluding hydrogens is 274 g/mol. The summed E-state index contributed by atoms with van der Waals surface area (Å²) in [7, 11) is 1.82. The van der Waals surface area contributed by atoms with Crippen LogP contribution in [0.2, 0.25) is 5.02 Å². The van der Waals surface area contributed by atoms with E-state index in [1.54, 1.807) is 4.68 Å². The van der Waals surface area contributed by atoms with Crippen LogP contribution in [0.25, 0.3) is 0 Å². The first-order valence-corrected chi connectivity index (χ1v) is 7.16. The average Bonchev–Trinajstić information content (AvgIpc) is 2.97. The first kappa shape index (κ1) is 13.4. The van der Waals surface area contributed by atoms with Gasteiger partial charge < -0.3 is 5.73 Å². The molecule has 1 fully saturated rings. The fraction of sp³-hybridized carbons (Fsp3) is 0.429. The summed E-state index contributed by atoms with van der Waals surface area (Å²) < 4.78 is 1.63. The van der Waals surface area contributed by atoms with Gasteiger partial charge in [0.15, 0.2) is 5.82 Å². The van der Waals surface area contributed by atoms with E-state index in [4.69, 9.17) is 17.3 Å². The summed E-state index contributed by atoms with van der Waals surface area (Å²) in [4.78, 5) is 6.75. The van der Waals surface area contributed by atoms with E-state index in [-0.39, 0.29) is 6.04 Å². The largest absolute Gasteiger partial charge is 0.368 e. The topological polar surface area (TPSA) is 60.0 Å². The van der Waals surface area contributed by atoms with Crippen LogP contribution in [0.4, 0.5) is 5.95 Å². The maximum Gasteiger partial charge on any atom is 0.218 e. The molecule has 0 spiro atoms. The van der Waals surface area contributed by atoms with Gasteiger partial charge in [0.1, 0.15) is 0 Å². The van der Waals surface area contributed by atoms with Crippen molar-refractivity contribution in [1.29, 1.82) is 0 Å². The number of nitrogens with zero attached hydrogens (tertiary/aromatic N) is 4. The number of anilines is 1. The molecule has 1 aromatic heterocycles. The Hall–Kier alpha value is -1.59. The lowest BCUT2D eigenvalue weighted by Crippen LogP contribution is -2.23. The number of nitrogen functional groups attached to an aromatic ring is 1. The van der Waals surface area contributed by atoms with Gasteiger partial charge >= 0.3 is 0 Å². The van der Waals surface area contributed by atoms with E-state index in [2.05, 4.69) is 21.0 Å². The van der Waals surface area contributed by atoms with Crippen LogP contribution in [0, 0.1) is 0 Å². The summed E-state index contributed by atoms with van der Waals surface area (Å²) in [5.74, 6) is 1.29. The Morgan fingerprint density at radius 1 is 1.45 bits per heavy atom. The van der Waals surface area contributed by atoms with Crippen LogP contribution >= 0.6 is 11.6 Å². The Labute approximate surface area is 123 Å². The molecule has 6 heteroatoms. The molecule has 20 heavy (non-hydrogen) atoms. The second-order valence-corrected chi connectivity index (χ2v) is 5.65. The Morgan fingerprint density at radius 2 is 2.30 bits per heavy atom. The monoisotopic (exact) mass is 291 g/mol. The molecule has 0 radical (unpaired) electrons. The molecule has 0 bridgehead atoms. The fourth-order valence-electron chi connectivity index (χ4n) is 2.74. The van der Waals surface area contributed by atoms with Gasteiger partial charge in [-0.2, -0.15) is 10.1 Å². The number of nitrogens with two attached hydrogens (primary N) is 1. The lowest BCUT2D eigenvalue weighted by Gasteiger charge is -2.22. The summed E-state index contributed by atoms with van der Waals surface area (Å²) >= 11 is 6.04. The summed E-state index contributed by atoms with van der Waals surface area (Å²) in [5, 5.41) is 5.19. The van der Waals surface area contributed by atoms with Crippen molar-refractivity contribution in [1.82, 2.24) is 19.7 Å². The molecule has 0 amide bonds. The number of likely N-dealkylation sites (tertiary alicyclic amines) is 1. The third kappa shape index (κ3) is 2.64. The van der Waals surface area contributed by atoms with E-state index < -0.39 is 0 Å². The van der Waals surface area contributed by atoms with Crippen molar-refractivity contribution in [3.05, 3.63) is 40.7 Å². The minimum atomic E-state index is 0.248. The highest BCUT2D eigenvalue weighted by atomic mass is 35.5.